The van der Waals surface area contributed by atoms with Gasteiger partial charge in [-0.3, -0.25) is 0 Å². The van der Waals surface area contributed by atoms with Crippen LogP contribution in [0.2, 0.25) is 0 Å². The van der Waals surface area contributed by atoms with Gasteiger partial charge in [0.25, 0.3) is 0 Å². The Kier molecular flexibility index (Phi) is 3.46. The number of carbonyl (C=O) groups excluding carboxylic acids is 1. The van der Waals surface area contributed by atoms with E-state index in [1.807, 2.05) is 0 Å². The fourth-order valence-corrected chi connectivity index (χ4v) is 0.379. The summed E-state index contributed by atoms with van der Waals surface area (Å²) >= 11 is 0. The van der Waals surface area contributed by atoms with Crippen molar-refractivity contribution in [2.24, 2.45) is 5.41 Å². The maximum atomic E-state index is 10.9. The molecule has 1 N–H and O–H groups in total. The summed E-state index contributed by atoms with van der Waals surface area (Å²) in [5.74, 6) is -0.558. The Bertz CT molecular complexity index is 188. The highest BCUT2D eigenvalue weighted by Gasteiger charge is 2.25. The third kappa shape index (κ3) is 3.53. The van der Waals surface area contributed by atoms with E-state index in [-0.39, 0.29) is 0 Å². The molecule has 3 nitrogen and oxygen atoms in total. The third-order valence-corrected chi connectivity index (χ3v) is 1.31. The second-order valence-corrected chi connectivity index (χ2v) is 3.90. The Morgan fingerprint density at radius 1 is 1.50 bits per heavy atom. The second kappa shape index (κ2) is 3.72. The van der Waals surface area contributed by atoms with Gasteiger partial charge in [-0.1, -0.05) is 27.4 Å². The molecule has 0 aromatic carbocycles. The van der Waals surface area contributed by atoms with Gasteiger partial charge in [0.2, 0.25) is 6.29 Å². The molecule has 3 heteroatoms. The van der Waals surface area contributed by atoms with Crippen LogP contribution in [0.25, 0.3) is 0 Å². The number of rotatable bonds is 2. The molecule has 0 aromatic rings. The molecule has 1 unspecified atom stereocenters. The van der Waals surface area contributed by atoms with Crippen molar-refractivity contribution in [1.29, 1.82) is 0 Å². The van der Waals surface area contributed by atoms with Gasteiger partial charge in [-0.25, -0.2) is 4.79 Å². The van der Waals surface area contributed by atoms with E-state index in [1.165, 1.54) is 6.92 Å². The van der Waals surface area contributed by atoms with Gasteiger partial charge in [0, 0.05) is 11.0 Å². The average molecular weight is 172 g/mol. The minimum Gasteiger partial charge on any atom is -0.432 e. The molecule has 0 radical (unpaired) electrons. The lowest BCUT2D eigenvalue weighted by Gasteiger charge is -2.25. The summed E-state index contributed by atoms with van der Waals surface area (Å²) in [6.07, 6.45) is -1.08. The number of hydrogen-bond donors (Lipinski definition) is 1. The molecule has 0 fully saturated rings. The molecule has 70 valence electrons. The fourth-order valence-electron chi connectivity index (χ4n) is 0.379. The molecule has 0 aliphatic carbocycles. The van der Waals surface area contributed by atoms with Crippen LogP contribution in [0, 0.1) is 5.41 Å². The quantitative estimate of drug-likeness (QED) is 0.390. The van der Waals surface area contributed by atoms with E-state index in [0.717, 1.165) is 0 Å². The van der Waals surface area contributed by atoms with Crippen LogP contribution in [0.4, 0.5) is 0 Å². The van der Waals surface area contributed by atoms with Crippen LogP contribution in [0.3, 0.4) is 0 Å². The molecule has 12 heavy (non-hydrogen) atoms. The molecular weight excluding hydrogens is 156 g/mol. The second-order valence-electron chi connectivity index (χ2n) is 3.90. The molecule has 0 aromatic heterocycles. The topological polar surface area (TPSA) is 46.5 Å². The van der Waals surface area contributed by atoms with Gasteiger partial charge < -0.3 is 9.84 Å². The van der Waals surface area contributed by atoms with Crippen molar-refractivity contribution < 1.29 is 14.6 Å². The van der Waals surface area contributed by atoms with Crippen molar-refractivity contribution >= 4 is 5.97 Å². The summed E-state index contributed by atoms with van der Waals surface area (Å²) in [5, 5.41) is 9.32. The largest absolute Gasteiger partial charge is 0.432 e. The molecule has 0 heterocycles. The normalized spacial score (nSPS) is 13.8. The highest BCUT2D eigenvalue weighted by atomic mass is 16.6. The molecule has 0 bridgehead atoms. The zero-order chi connectivity index (χ0) is 9.94. The zero-order valence-electron chi connectivity index (χ0n) is 8.05. The summed E-state index contributed by atoms with van der Waals surface area (Å²) in [5.41, 5.74) is -0.163. The van der Waals surface area contributed by atoms with E-state index >= 15 is 0 Å². The van der Waals surface area contributed by atoms with Crippen LogP contribution in [0.1, 0.15) is 27.7 Å². The minimum atomic E-state index is -1.08. The number of carbonyl (C=O) groups is 1. The van der Waals surface area contributed by atoms with Gasteiger partial charge in [-0.05, 0) is 6.92 Å². The van der Waals surface area contributed by atoms with Crippen LogP contribution in [0.5, 0.6) is 0 Å². The van der Waals surface area contributed by atoms with Gasteiger partial charge in [0.05, 0.1) is 0 Å². The van der Waals surface area contributed by atoms with Gasteiger partial charge in [0.15, 0.2) is 0 Å². The summed E-state index contributed by atoms with van der Waals surface area (Å²) in [4.78, 5) is 10.9. The Labute approximate surface area is 73.0 Å². The Morgan fingerprint density at radius 3 is 2.17 bits per heavy atom. The maximum absolute atomic E-state index is 10.9. The van der Waals surface area contributed by atoms with E-state index < -0.39 is 17.7 Å². The molecule has 0 rings (SSSR count). The van der Waals surface area contributed by atoms with E-state index in [2.05, 4.69) is 6.58 Å². The number of ether oxygens (including phenoxy) is 1. The van der Waals surface area contributed by atoms with Crippen molar-refractivity contribution in [3.05, 3.63) is 12.2 Å². The highest BCUT2D eigenvalue weighted by molar-refractivity contribution is 5.87. The van der Waals surface area contributed by atoms with Gasteiger partial charge in [-0.2, -0.15) is 0 Å². The fraction of sp³-hybridized carbons (Fsp3) is 0.667. The first-order chi connectivity index (χ1) is 5.25. The standard InChI is InChI=1S/C9H16O3/c1-6(2)7(10)12-8(11)9(3,4)5/h8,11H,1H2,2-5H3. The first kappa shape index (κ1) is 11.2. The molecule has 1 atom stereocenters. The van der Waals surface area contributed by atoms with Crippen molar-refractivity contribution in [3.8, 4) is 0 Å². The van der Waals surface area contributed by atoms with Crippen LogP contribution in [0.15, 0.2) is 12.2 Å². The van der Waals surface area contributed by atoms with Crippen LogP contribution in [-0.4, -0.2) is 17.4 Å². The number of aliphatic hydroxyl groups is 1. The first-order valence-corrected chi connectivity index (χ1v) is 3.79. The van der Waals surface area contributed by atoms with Gasteiger partial charge >= 0.3 is 5.97 Å². The maximum Gasteiger partial charge on any atom is 0.335 e. The molecule has 0 aliphatic heterocycles. The lowest BCUT2D eigenvalue weighted by Crippen LogP contribution is -2.31. The average Bonchev–Trinajstić information content (AvgIpc) is 1.85. The van der Waals surface area contributed by atoms with Crippen molar-refractivity contribution in [3.63, 3.8) is 0 Å². The van der Waals surface area contributed by atoms with Crippen molar-refractivity contribution in [2.75, 3.05) is 0 Å². The van der Waals surface area contributed by atoms with E-state index in [9.17, 15) is 9.90 Å². The van der Waals surface area contributed by atoms with E-state index in [0.29, 0.717) is 5.57 Å². The monoisotopic (exact) mass is 172 g/mol. The first-order valence-electron chi connectivity index (χ1n) is 3.79. The predicted octanol–water partition coefficient (Wildman–Crippen LogP) is 1.47. The van der Waals surface area contributed by atoms with Crippen LogP contribution < -0.4 is 0 Å². The van der Waals surface area contributed by atoms with Crippen LogP contribution >= 0.6 is 0 Å². The summed E-state index contributed by atoms with van der Waals surface area (Å²) in [6, 6.07) is 0. The highest BCUT2D eigenvalue weighted by Crippen LogP contribution is 2.20. The molecular formula is C9H16O3. The molecule has 0 spiro atoms. The number of esters is 1. The van der Waals surface area contributed by atoms with Gasteiger partial charge in [0.1, 0.15) is 0 Å². The third-order valence-electron chi connectivity index (χ3n) is 1.31. The predicted molar refractivity (Wildman–Crippen MR) is 46.4 cm³/mol. The van der Waals surface area contributed by atoms with E-state index in [4.69, 9.17) is 4.74 Å². The van der Waals surface area contributed by atoms with E-state index in [1.54, 1.807) is 20.8 Å². The summed E-state index contributed by atoms with van der Waals surface area (Å²) in [7, 11) is 0. The minimum absolute atomic E-state index is 0.290. The number of hydrogen-bond acceptors (Lipinski definition) is 3. The smallest absolute Gasteiger partial charge is 0.335 e. The summed E-state index contributed by atoms with van der Waals surface area (Å²) < 4.78 is 4.69. The lowest BCUT2D eigenvalue weighted by atomic mass is 9.96. The molecule has 0 saturated carbocycles. The SMILES string of the molecule is C=C(C)C(=O)OC(O)C(C)(C)C. The Hall–Kier alpha value is -0.830. The number of aliphatic hydroxyl groups excluding tert-OH is 1. The van der Waals surface area contributed by atoms with Gasteiger partial charge in [-0.15, -0.1) is 0 Å². The zero-order valence-corrected chi connectivity index (χ0v) is 8.05. The Morgan fingerprint density at radius 2 is 1.92 bits per heavy atom. The summed E-state index contributed by atoms with van der Waals surface area (Å²) in [6.45, 7) is 10.3. The molecule has 0 saturated heterocycles. The van der Waals surface area contributed by atoms with Crippen LogP contribution in [-0.2, 0) is 9.53 Å². The van der Waals surface area contributed by atoms with Crippen molar-refractivity contribution in [1.82, 2.24) is 0 Å². The molecule has 0 aliphatic rings. The lowest BCUT2D eigenvalue weighted by molar-refractivity contribution is -0.181. The van der Waals surface area contributed by atoms with Crippen molar-refractivity contribution in [2.45, 2.75) is 34.0 Å². The molecule has 0 amide bonds. The Balaban J connectivity index is 4.11.